The lowest BCUT2D eigenvalue weighted by atomic mass is 10.2. The predicted octanol–water partition coefficient (Wildman–Crippen LogP) is 0.0580. The molecule has 1 N–H and O–H groups in total. The number of ether oxygens (including phenoxy) is 1. The lowest BCUT2D eigenvalue weighted by Crippen LogP contribution is -2.47. The van der Waals surface area contributed by atoms with Gasteiger partial charge in [-0.3, -0.25) is 5.41 Å². The zero-order valence-electron chi connectivity index (χ0n) is 10.2. The number of hydrogen-bond acceptors (Lipinski definition) is 5. The van der Waals surface area contributed by atoms with Gasteiger partial charge in [-0.05, 0) is 13.1 Å². The molecule has 0 amide bonds. The van der Waals surface area contributed by atoms with Crippen molar-refractivity contribution in [3.05, 3.63) is 17.8 Å². The van der Waals surface area contributed by atoms with Gasteiger partial charge in [0.05, 0.1) is 7.11 Å². The summed E-state index contributed by atoms with van der Waals surface area (Å²) in [6.45, 7) is 3.68. The lowest BCUT2D eigenvalue weighted by Gasteiger charge is -2.33. The molecule has 0 unspecified atom stereocenters. The Morgan fingerprint density at radius 2 is 1.94 bits per heavy atom. The van der Waals surface area contributed by atoms with E-state index < -0.39 is 0 Å². The van der Waals surface area contributed by atoms with E-state index >= 15 is 0 Å². The Labute approximate surface area is 101 Å². The average molecular weight is 235 g/mol. The molecule has 0 saturated carbocycles. The molecule has 1 saturated heterocycles. The summed E-state index contributed by atoms with van der Waals surface area (Å²) >= 11 is 0. The molecular formula is C11H17N5O. The second-order valence-corrected chi connectivity index (χ2v) is 4.10. The second kappa shape index (κ2) is 5.09. The van der Waals surface area contributed by atoms with Crippen LogP contribution in [0.15, 0.2) is 12.1 Å². The van der Waals surface area contributed by atoms with Crippen molar-refractivity contribution in [2.45, 2.75) is 0 Å². The Hall–Kier alpha value is -1.69. The van der Waals surface area contributed by atoms with Gasteiger partial charge in [0, 0.05) is 32.2 Å². The summed E-state index contributed by atoms with van der Waals surface area (Å²) in [6, 6.07) is 3.50. The van der Waals surface area contributed by atoms with Gasteiger partial charge in [-0.25, -0.2) is 0 Å². The van der Waals surface area contributed by atoms with E-state index in [-0.39, 0.29) is 0 Å². The molecule has 0 spiro atoms. The van der Waals surface area contributed by atoms with E-state index in [0.29, 0.717) is 17.4 Å². The van der Waals surface area contributed by atoms with Gasteiger partial charge in [0.15, 0.2) is 0 Å². The number of aromatic nitrogens is 2. The van der Waals surface area contributed by atoms with Crippen LogP contribution in [0.1, 0.15) is 5.69 Å². The molecule has 0 atom stereocenters. The Balaban J connectivity index is 2.03. The molecule has 2 heterocycles. The molecule has 1 fully saturated rings. The number of piperazine rings is 1. The van der Waals surface area contributed by atoms with Gasteiger partial charge in [0.25, 0.3) is 0 Å². The highest BCUT2D eigenvalue weighted by Crippen LogP contribution is 2.08. The van der Waals surface area contributed by atoms with Crippen molar-refractivity contribution >= 4 is 5.84 Å². The number of hydrogen-bond donors (Lipinski definition) is 1. The highest BCUT2D eigenvalue weighted by atomic mass is 16.5. The van der Waals surface area contributed by atoms with E-state index in [0.717, 1.165) is 26.2 Å². The number of rotatable bonds is 2. The first kappa shape index (κ1) is 11.8. The van der Waals surface area contributed by atoms with Gasteiger partial charge in [-0.15, -0.1) is 10.2 Å². The smallest absolute Gasteiger partial charge is 0.233 e. The molecule has 0 radical (unpaired) electrons. The SMILES string of the molecule is COc1ccc(C(=N)N2CCN(C)CC2)nn1. The summed E-state index contributed by atoms with van der Waals surface area (Å²) in [5, 5.41) is 15.9. The van der Waals surface area contributed by atoms with Gasteiger partial charge >= 0.3 is 0 Å². The van der Waals surface area contributed by atoms with E-state index in [1.165, 1.54) is 0 Å². The summed E-state index contributed by atoms with van der Waals surface area (Å²) < 4.78 is 4.94. The van der Waals surface area contributed by atoms with Crippen molar-refractivity contribution in [1.29, 1.82) is 5.41 Å². The topological polar surface area (TPSA) is 65.3 Å². The quantitative estimate of drug-likeness (QED) is 0.580. The van der Waals surface area contributed by atoms with Gasteiger partial charge < -0.3 is 14.5 Å². The molecule has 1 aliphatic heterocycles. The third-order valence-corrected chi connectivity index (χ3v) is 2.91. The first-order valence-electron chi connectivity index (χ1n) is 5.61. The molecule has 1 aromatic heterocycles. The minimum atomic E-state index is 0.438. The third-order valence-electron chi connectivity index (χ3n) is 2.91. The van der Waals surface area contributed by atoms with Gasteiger partial charge in [0.2, 0.25) is 5.88 Å². The van der Waals surface area contributed by atoms with Crippen LogP contribution in [0.5, 0.6) is 5.88 Å². The lowest BCUT2D eigenvalue weighted by molar-refractivity contribution is 0.214. The number of nitrogens with zero attached hydrogens (tertiary/aromatic N) is 4. The minimum Gasteiger partial charge on any atom is -0.480 e. The van der Waals surface area contributed by atoms with Crippen LogP contribution in [-0.2, 0) is 0 Å². The predicted molar refractivity (Wildman–Crippen MR) is 64.5 cm³/mol. The fraction of sp³-hybridized carbons (Fsp3) is 0.545. The summed E-state index contributed by atoms with van der Waals surface area (Å²) in [6.07, 6.45) is 0. The van der Waals surface area contributed by atoms with Crippen molar-refractivity contribution < 1.29 is 4.74 Å². The molecule has 6 heteroatoms. The first-order chi connectivity index (χ1) is 8.20. The summed E-state index contributed by atoms with van der Waals surface area (Å²) in [4.78, 5) is 4.28. The number of nitrogens with one attached hydrogen (secondary N) is 1. The standard InChI is InChI=1S/C11H17N5O/c1-15-5-7-16(8-6-15)11(12)9-3-4-10(17-2)14-13-9/h3-4,12H,5-8H2,1-2H3. The number of amidine groups is 1. The molecule has 6 nitrogen and oxygen atoms in total. The molecule has 0 aromatic carbocycles. The summed E-state index contributed by atoms with van der Waals surface area (Å²) in [5.74, 6) is 0.910. The molecule has 92 valence electrons. The van der Waals surface area contributed by atoms with Crippen LogP contribution in [0.25, 0.3) is 0 Å². The third kappa shape index (κ3) is 2.71. The maximum absolute atomic E-state index is 8.08. The minimum absolute atomic E-state index is 0.438. The first-order valence-corrected chi connectivity index (χ1v) is 5.61. The Bertz CT molecular complexity index is 383. The van der Waals surface area contributed by atoms with E-state index in [9.17, 15) is 0 Å². The Morgan fingerprint density at radius 1 is 1.24 bits per heavy atom. The molecular weight excluding hydrogens is 218 g/mol. The van der Waals surface area contributed by atoms with Crippen molar-refractivity contribution in [3.63, 3.8) is 0 Å². The maximum atomic E-state index is 8.08. The van der Waals surface area contributed by atoms with Crippen LogP contribution in [0, 0.1) is 5.41 Å². The molecule has 2 rings (SSSR count). The second-order valence-electron chi connectivity index (χ2n) is 4.10. The van der Waals surface area contributed by atoms with Gasteiger partial charge in [-0.2, -0.15) is 0 Å². The largest absolute Gasteiger partial charge is 0.480 e. The van der Waals surface area contributed by atoms with Crippen LogP contribution in [0.3, 0.4) is 0 Å². The van der Waals surface area contributed by atoms with E-state index in [4.69, 9.17) is 10.1 Å². The van der Waals surface area contributed by atoms with Crippen molar-refractivity contribution in [2.75, 3.05) is 40.3 Å². The highest BCUT2D eigenvalue weighted by Gasteiger charge is 2.18. The van der Waals surface area contributed by atoms with E-state index in [2.05, 4.69) is 22.1 Å². The average Bonchev–Trinajstić information content (AvgIpc) is 2.39. The fourth-order valence-corrected chi connectivity index (χ4v) is 1.75. The molecule has 0 bridgehead atoms. The molecule has 0 aliphatic carbocycles. The fourth-order valence-electron chi connectivity index (χ4n) is 1.75. The van der Waals surface area contributed by atoms with E-state index in [1.54, 1.807) is 19.2 Å². The van der Waals surface area contributed by atoms with Crippen LogP contribution in [0.2, 0.25) is 0 Å². The van der Waals surface area contributed by atoms with E-state index in [1.807, 2.05) is 4.90 Å². The number of likely N-dealkylation sites (N-methyl/N-ethyl adjacent to an activating group) is 1. The normalized spacial score (nSPS) is 16.9. The monoisotopic (exact) mass is 235 g/mol. The van der Waals surface area contributed by atoms with Crippen LogP contribution >= 0.6 is 0 Å². The molecule has 17 heavy (non-hydrogen) atoms. The van der Waals surface area contributed by atoms with Crippen molar-refractivity contribution in [2.24, 2.45) is 0 Å². The van der Waals surface area contributed by atoms with Crippen molar-refractivity contribution in [3.8, 4) is 5.88 Å². The summed E-state index contributed by atoms with van der Waals surface area (Å²) in [7, 11) is 3.64. The van der Waals surface area contributed by atoms with Gasteiger partial charge in [-0.1, -0.05) is 0 Å². The zero-order chi connectivity index (χ0) is 12.3. The van der Waals surface area contributed by atoms with Crippen LogP contribution in [0.4, 0.5) is 0 Å². The van der Waals surface area contributed by atoms with Crippen LogP contribution < -0.4 is 4.74 Å². The molecule has 1 aliphatic rings. The summed E-state index contributed by atoms with van der Waals surface area (Å²) in [5.41, 5.74) is 0.593. The zero-order valence-corrected chi connectivity index (χ0v) is 10.2. The maximum Gasteiger partial charge on any atom is 0.233 e. The number of methoxy groups -OCH3 is 1. The van der Waals surface area contributed by atoms with Crippen molar-refractivity contribution in [1.82, 2.24) is 20.0 Å². The highest BCUT2D eigenvalue weighted by molar-refractivity contribution is 5.94. The van der Waals surface area contributed by atoms with Gasteiger partial charge in [0.1, 0.15) is 11.5 Å². The Morgan fingerprint density at radius 3 is 2.47 bits per heavy atom. The molecule has 1 aromatic rings. The van der Waals surface area contributed by atoms with Crippen LogP contribution in [-0.4, -0.2) is 66.2 Å². The Kier molecular flexibility index (Phi) is 3.53.